The number of hydrogen-bond donors (Lipinski definition) is 2. The van der Waals surface area contributed by atoms with Gasteiger partial charge in [-0.15, -0.1) is 12.6 Å². The molecule has 27 heavy (non-hydrogen) atoms. The van der Waals surface area contributed by atoms with E-state index < -0.39 is 0 Å². The Balaban J connectivity index is 2.11. The van der Waals surface area contributed by atoms with Crippen molar-refractivity contribution in [1.82, 2.24) is 0 Å². The van der Waals surface area contributed by atoms with Crippen LogP contribution in [0.3, 0.4) is 0 Å². The van der Waals surface area contributed by atoms with Gasteiger partial charge in [-0.3, -0.25) is 0 Å². The second-order valence-electron chi connectivity index (χ2n) is 6.73. The molecule has 0 aromatic heterocycles. The Morgan fingerprint density at radius 1 is 0.852 bits per heavy atom. The summed E-state index contributed by atoms with van der Waals surface area (Å²) in [5.41, 5.74) is 12.6. The molecule has 0 radical (unpaired) electrons. The number of rotatable bonds is 7. The highest BCUT2D eigenvalue weighted by Crippen LogP contribution is 2.38. The second-order valence-corrected chi connectivity index (χ2v) is 7.25. The minimum absolute atomic E-state index is 0.723. The van der Waals surface area contributed by atoms with Crippen LogP contribution in [-0.4, -0.2) is 6.61 Å². The Labute approximate surface area is 167 Å². The molecule has 3 heteroatoms. The minimum Gasteiger partial charge on any atom is -0.493 e. The van der Waals surface area contributed by atoms with E-state index in [9.17, 15) is 0 Å². The second kappa shape index (κ2) is 9.01. The highest BCUT2D eigenvalue weighted by atomic mass is 32.1. The summed E-state index contributed by atoms with van der Waals surface area (Å²) in [7, 11) is 0. The third-order valence-electron chi connectivity index (χ3n) is 4.74. The first-order valence-electron chi connectivity index (χ1n) is 9.57. The largest absolute Gasteiger partial charge is 0.493 e. The Morgan fingerprint density at radius 3 is 2.11 bits per heavy atom. The topological polar surface area (TPSA) is 35.2 Å². The fourth-order valence-corrected chi connectivity index (χ4v) is 3.31. The summed E-state index contributed by atoms with van der Waals surface area (Å²) in [6.45, 7) is 5.09. The molecule has 0 spiro atoms. The van der Waals surface area contributed by atoms with Gasteiger partial charge in [0.05, 0.1) is 6.61 Å². The van der Waals surface area contributed by atoms with Crippen molar-refractivity contribution in [3.05, 3.63) is 66.2 Å². The molecule has 3 rings (SSSR count). The third kappa shape index (κ3) is 4.67. The van der Waals surface area contributed by atoms with Gasteiger partial charge in [-0.25, -0.2) is 0 Å². The van der Waals surface area contributed by atoms with Crippen molar-refractivity contribution in [2.24, 2.45) is 0 Å². The molecule has 0 aliphatic carbocycles. The van der Waals surface area contributed by atoms with Gasteiger partial charge in [0.25, 0.3) is 0 Å². The number of nitrogens with two attached hydrogens (primary N) is 1. The molecular formula is C24H27NOS. The van der Waals surface area contributed by atoms with Gasteiger partial charge < -0.3 is 10.5 Å². The van der Waals surface area contributed by atoms with E-state index in [0.29, 0.717) is 0 Å². The highest BCUT2D eigenvalue weighted by Gasteiger charge is 2.13. The van der Waals surface area contributed by atoms with Crippen LogP contribution in [0.15, 0.2) is 65.6 Å². The predicted octanol–water partition coefficient (Wildman–Crippen LogP) is 6.63. The van der Waals surface area contributed by atoms with Crippen LogP contribution in [0, 0.1) is 0 Å². The van der Waals surface area contributed by atoms with Gasteiger partial charge in [-0.1, -0.05) is 44.5 Å². The normalized spacial score (nSPS) is 10.8. The average Bonchev–Trinajstić information content (AvgIpc) is 2.69. The summed E-state index contributed by atoms with van der Waals surface area (Å²) < 4.78 is 6.20. The molecule has 140 valence electrons. The van der Waals surface area contributed by atoms with E-state index in [1.807, 2.05) is 24.3 Å². The van der Waals surface area contributed by atoms with E-state index in [-0.39, 0.29) is 0 Å². The number of unbranched alkanes of at least 4 members (excludes halogenated alkanes) is 1. The third-order valence-corrected chi connectivity index (χ3v) is 5.04. The summed E-state index contributed by atoms with van der Waals surface area (Å²) in [5, 5.41) is 0. The molecule has 0 fully saturated rings. The van der Waals surface area contributed by atoms with E-state index in [1.54, 1.807) is 0 Å². The molecule has 3 aromatic rings. The lowest BCUT2D eigenvalue weighted by Gasteiger charge is -2.17. The van der Waals surface area contributed by atoms with Gasteiger partial charge >= 0.3 is 0 Å². The summed E-state index contributed by atoms with van der Waals surface area (Å²) in [6.07, 6.45) is 3.11. The van der Waals surface area contributed by atoms with Gasteiger partial charge in [0, 0.05) is 16.1 Å². The maximum Gasteiger partial charge on any atom is 0.127 e. The molecule has 0 heterocycles. The smallest absolute Gasteiger partial charge is 0.127 e. The van der Waals surface area contributed by atoms with Gasteiger partial charge in [0.2, 0.25) is 0 Å². The summed E-state index contributed by atoms with van der Waals surface area (Å²) in [4.78, 5) is 0.960. The molecule has 0 unspecified atom stereocenters. The first-order valence-corrected chi connectivity index (χ1v) is 10.0. The van der Waals surface area contributed by atoms with Crippen molar-refractivity contribution in [2.75, 3.05) is 12.3 Å². The maximum absolute atomic E-state index is 6.20. The van der Waals surface area contributed by atoms with Crippen LogP contribution in [-0.2, 0) is 6.42 Å². The zero-order valence-corrected chi connectivity index (χ0v) is 16.9. The van der Waals surface area contributed by atoms with Gasteiger partial charge in [-0.2, -0.15) is 0 Å². The molecule has 0 aliphatic rings. The molecule has 0 saturated carbocycles. The molecule has 0 amide bonds. The molecule has 0 atom stereocenters. The van der Waals surface area contributed by atoms with Crippen LogP contribution in [0.2, 0.25) is 0 Å². The van der Waals surface area contributed by atoms with Crippen molar-refractivity contribution in [3.63, 3.8) is 0 Å². The molecule has 2 nitrogen and oxygen atoms in total. The number of aryl methyl sites for hydroxylation is 1. The Bertz CT molecular complexity index is 886. The number of anilines is 1. The summed E-state index contributed by atoms with van der Waals surface area (Å²) in [5.74, 6) is 0.930. The van der Waals surface area contributed by atoms with Gasteiger partial charge in [0.15, 0.2) is 0 Å². The number of hydrogen-bond acceptors (Lipinski definition) is 3. The maximum atomic E-state index is 6.20. The van der Waals surface area contributed by atoms with E-state index in [0.717, 1.165) is 53.3 Å². The SMILES string of the molecule is CCCCOc1cc(-c2ccc(N)cc2)c(CC)cc1-c1ccc(S)cc1. The lowest BCUT2D eigenvalue weighted by Crippen LogP contribution is -2.00. The monoisotopic (exact) mass is 377 g/mol. The van der Waals surface area contributed by atoms with Crippen LogP contribution in [0.1, 0.15) is 32.3 Å². The van der Waals surface area contributed by atoms with E-state index >= 15 is 0 Å². The minimum atomic E-state index is 0.723. The van der Waals surface area contributed by atoms with Crippen molar-refractivity contribution < 1.29 is 4.74 Å². The fraction of sp³-hybridized carbons (Fsp3) is 0.250. The van der Waals surface area contributed by atoms with Crippen molar-refractivity contribution >= 4 is 18.3 Å². The molecule has 0 bridgehead atoms. The Hall–Kier alpha value is -2.39. The van der Waals surface area contributed by atoms with Gasteiger partial charge in [0.1, 0.15) is 5.75 Å². The predicted molar refractivity (Wildman–Crippen MR) is 119 cm³/mol. The standard InChI is InChI=1S/C24H27NOS/c1-3-5-14-26-24-16-22(18-6-10-20(25)11-7-18)17(4-2)15-23(24)19-8-12-21(27)13-9-19/h6-13,15-16,27H,3-5,14,25H2,1-2H3. The zero-order chi connectivity index (χ0) is 19.2. The zero-order valence-electron chi connectivity index (χ0n) is 16.0. The van der Waals surface area contributed by atoms with Crippen LogP contribution in [0.5, 0.6) is 5.75 Å². The molecular weight excluding hydrogens is 350 g/mol. The van der Waals surface area contributed by atoms with Crippen LogP contribution < -0.4 is 10.5 Å². The summed E-state index contributed by atoms with van der Waals surface area (Å²) in [6, 6.07) is 20.8. The lowest BCUT2D eigenvalue weighted by molar-refractivity contribution is 0.310. The quantitative estimate of drug-likeness (QED) is 0.275. The van der Waals surface area contributed by atoms with Crippen LogP contribution in [0.4, 0.5) is 5.69 Å². The molecule has 0 aliphatic heterocycles. The average molecular weight is 378 g/mol. The van der Waals surface area contributed by atoms with Crippen LogP contribution >= 0.6 is 12.6 Å². The number of ether oxygens (including phenoxy) is 1. The van der Waals surface area contributed by atoms with E-state index in [4.69, 9.17) is 10.5 Å². The Morgan fingerprint density at radius 2 is 1.48 bits per heavy atom. The van der Waals surface area contributed by atoms with E-state index in [2.05, 4.69) is 62.9 Å². The summed E-state index contributed by atoms with van der Waals surface area (Å²) >= 11 is 4.41. The Kier molecular flexibility index (Phi) is 6.46. The molecule has 0 saturated heterocycles. The highest BCUT2D eigenvalue weighted by molar-refractivity contribution is 7.80. The number of thiol groups is 1. The van der Waals surface area contributed by atoms with Crippen LogP contribution in [0.25, 0.3) is 22.3 Å². The van der Waals surface area contributed by atoms with Crippen molar-refractivity contribution in [2.45, 2.75) is 38.0 Å². The molecule has 2 N–H and O–H groups in total. The fourth-order valence-electron chi connectivity index (χ4n) is 3.16. The number of nitrogen functional groups attached to an aromatic ring is 1. The van der Waals surface area contributed by atoms with Crippen molar-refractivity contribution in [1.29, 1.82) is 0 Å². The van der Waals surface area contributed by atoms with Crippen molar-refractivity contribution in [3.8, 4) is 28.0 Å². The lowest BCUT2D eigenvalue weighted by atomic mass is 9.92. The first-order chi connectivity index (χ1) is 13.1. The van der Waals surface area contributed by atoms with E-state index in [1.165, 1.54) is 16.7 Å². The van der Waals surface area contributed by atoms with Gasteiger partial charge in [-0.05, 0) is 71.5 Å². The first kappa shape index (κ1) is 19.4. The molecule has 3 aromatic carbocycles. The number of benzene rings is 3.